The molecule has 3 aromatic heterocycles. The fraction of sp³-hybridized carbons (Fsp3) is 0.214. The molecular weight excluding hydrogens is 921 g/mol. The summed E-state index contributed by atoms with van der Waals surface area (Å²) in [5.74, 6) is 1.85. The van der Waals surface area contributed by atoms with E-state index in [0.29, 0.717) is 90.1 Å². The number of aliphatic hydroxyl groups excluding tert-OH is 8. The van der Waals surface area contributed by atoms with Crippen molar-refractivity contribution in [1.29, 1.82) is 0 Å². The number of hydrogen-bond acceptors (Lipinski definition) is 14. The maximum atomic E-state index is 10.1. The van der Waals surface area contributed by atoms with Crippen LogP contribution in [0, 0.1) is 0 Å². The third-order valence-corrected chi connectivity index (χ3v) is 11.9. The Morgan fingerprint density at radius 2 is 0.583 bits per heavy atom. The van der Waals surface area contributed by atoms with E-state index in [1.165, 1.54) is 0 Å². The minimum Gasteiger partial charge on any atom is -0.491 e. The number of nitrogens with one attached hydrogen (secondary N) is 2. The number of fused-ring (bicyclic) bond motifs is 8. The zero-order valence-electron chi connectivity index (χ0n) is 38.9. The molecule has 8 bridgehead atoms. The van der Waals surface area contributed by atoms with Gasteiger partial charge in [0.1, 0.15) is 73.8 Å². The van der Waals surface area contributed by atoms with E-state index in [0.717, 1.165) is 22.3 Å². The van der Waals surface area contributed by atoms with Gasteiger partial charge in [0.05, 0.1) is 49.2 Å². The first-order valence-corrected chi connectivity index (χ1v) is 23.4. The topological polar surface area (TPSA) is 256 Å². The van der Waals surface area contributed by atoms with Crippen molar-refractivity contribution >= 4 is 46.4 Å². The first-order chi connectivity index (χ1) is 35.1. The zero-order valence-corrected chi connectivity index (χ0v) is 38.9. The molecule has 370 valence electrons. The van der Waals surface area contributed by atoms with Crippen LogP contribution in [0.2, 0.25) is 0 Å². The van der Waals surface area contributed by atoms with Crippen molar-refractivity contribution in [3.63, 3.8) is 0 Å². The minimum absolute atomic E-state index is 0.124. The van der Waals surface area contributed by atoms with E-state index in [9.17, 15) is 40.9 Å². The molecule has 4 atom stereocenters. The van der Waals surface area contributed by atoms with Gasteiger partial charge >= 0.3 is 0 Å². The van der Waals surface area contributed by atoms with Crippen molar-refractivity contribution in [2.24, 2.45) is 0 Å². The summed E-state index contributed by atoms with van der Waals surface area (Å²) in [4.78, 5) is 18.1. The number of rotatable bonds is 20. The highest BCUT2D eigenvalue weighted by atomic mass is 16.5. The predicted molar refractivity (Wildman–Crippen MR) is 275 cm³/mol. The number of H-pyrrole nitrogens is 2. The molecule has 0 radical (unpaired) electrons. The van der Waals surface area contributed by atoms with E-state index in [4.69, 9.17) is 28.9 Å². The first-order valence-electron chi connectivity index (χ1n) is 23.4. The SMILES string of the molecule is OCC(O)COc1cccc(-c2c3nc(c(-c4cccc(OCC(O)CO)c4)c4ccc([nH]4)c(-c4cccc(OCC(O)CO)c4)c4nc(c(-c5cccc(OCC(O)CO)c5)c5ccc2[nH]5)C=C4)C=C3)c1. The predicted octanol–water partition coefficient (Wildman–Crippen LogP) is 6.25. The van der Waals surface area contributed by atoms with Crippen LogP contribution in [-0.2, 0) is 0 Å². The monoisotopic (exact) mass is 974 g/mol. The summed E-state index contributed by atoms with van der Waals surface area (Å²) in [6.07, 6.45) is 3.43. The quantitative estimate of drug-likeness (QED) is 0.0405. The Labute approximate surface area is 413 Å². The van der Waals surface area contributed by atoms with Gasteiger partial charge in [-0.1, -0.05) is 48.5 Å². The Morgan fingerprint density at radius 1 is 0.347 bits per heavy atom. The van der Waals surface area contributed by atoms with Crippen LogP contribution < -0.4 is 18.9 Å². The maximum Gasteiger partial charge on any atom is 0.120 e. The smallest absolute Gasteiger partial charge is 0.120 e. The summed E-state index contributed by atoms with van der Waals surface area (Å²) in [6.45, 7) is -2.33. The van der Waals surface area contributed by atoms with Gasteiger partial charge in [-0.3, -0.25) is 0 Å². The standard InChI is InChI=1S/C56H54N4O12/c61-25-37(65)29-69-41-9-1-5-33(21-41)53-45-13-15-47(57-45)54(34-6-2-10-42(22-34)70-30-38(66)26-62)49-17-19-51(59-49)56(36-8-4-12-44(24-36)72-32-40(68)28-64)52-20-18-50(60-52)55(48-16-14-46(53)58-48)35-7-3-11-43(23-35)71-31-39(67)27-63/h1-24,37-40,57,60-68H,25-32H2. The lowest BCUT2D eigenvalue weighted by atomic mass is 10.0. The molecular formula is C56H54N4O12. The van der Waals surface area contributed by atoms with Crippen LogP contribution in [0.15, 0.2) is 121 Å². The van der Waals surface area contributed by atoms with E-state index >= 15 is 0 Å². The molecule has 4 unspecified atom stereocenters. The van der Waals surface area contributed by atoms with Gasteiger partial charge in [0.15, 0.2) is 0 Å². The molecule has 72 heavy (non-hydrogen) atoms. The second-order valence-electron chi connectivity index (χ2n) is 17.2. The van der Waals surface area contributed by atoms with Gasteiger partial charge < -0.3 is 69.8 Å². The lowest BCUT2D eigenvalue weighted by Gasteiger charge is -2.12. The molecule has 5 heterocycles. The van der Waals surface area contributed by atoms with Crippen molar-refractivity contribution in [1.82, 2.24) is 19.9 Å². The molecule has 0 amide bonds. The largest absolute Gasteiger partial charge is 0.491 e. The minimum atomic E-state index is -1.08. The Kier molecular flexibility index (Phi) is 15.5. The summed E-state index contributed by atoms with van der Waals surface area (Å²) in [5.41, 5.74) is 10.9. The molecule has 0 spiro atoms. The highest BCUT2D eigenvalue weighted by Crippen LogP contribution is 2.40. The van der Waals surface area contributed by atoms with E-state index in [1.807, 2.05) is 121 Å². The summed E-state index contributed by atoms with van der Waals surface area (Å²) in [5, 5.41) is 78.5. The Balaban J connectivity index is 1.36. The number of aromatic nitrogens is 4. The van der Waals surface area contributed by atoms with Crippen LogP contribution >= 0.6 is 0 Å². The second-order valence-corrected chi connectivity index (χ2v) is 17.2. The van der Waals surface area contributed by atoms with Crippen LogP contribution in [0.5, 0.6) is 23.0 Å². The molecule has 10 N–H and O–H groups in total. The normalized spacial score (nSPS) is 13.7. The van der Waals surface area contributed by atoms with Gasteiger partial charge in [-0.15, -0.1) is 0 Å². The van der Waals surface area contributed by atoms with E-state index < -0.39 is 50.8 Å². The van der Waals surface area contributed by atoms with Crippen LogP contribution in [0.3, 0.4) is 0 Å². The van der Waals surface area contributed by atoms with Crippen LogP contribution in [0.1, 0.15) is 22.8 Å². The highest BCUT2D eigenvalue weighted by molar-refractivity contribution is 6.00. The molecule has 16 heteroatoms. The zero-order chi connectivity index (χ0) is 50.1. The fourth-order valence-electron chi connectivity index (χ4n) is 8.37. The van der Waals surface area contributed by atoms with Crippen LogP contribution in [0.25, 0.3) is 90.9 Å². The van der Waals surface area contributed by atoms with Gasteiger partial charge in [0.25, 0.3) is 0 Å². The lowest BCUT2D eigenvalue weighted by molar-refractivity contribution is 0.0536. The highest BCUT2D eigenvalue weighted by Gasteiger charge is 2.21. The van der Waals surface area contributed by atoms with Gasteiger partial charge in [-0.05, 0) is 119 Å². The molecule has 0 saturated heterocycles. The van der Waals surface area contributed by atoms with Gasteiger partial charge in [0, 0.05) is 44.3 Å². The molecule has 16 nitrogen and oxygen atoms in total. The third kappa shape index (κ3) is 11.3. The average molecular weight is 975 g/mol. The molecule has 0 fully saturated rings. The molecule has 9 rings (SSSR count). The van der Waals surface area contributed by atoms with Gasteiger partial charge in [-0.25, -0.2) is 9.97 Å². The maximum absolute atomic E-state index is 10.1. The van der Waals surface area contributed by atoms with Crippen molar-refractivity contribution in [2.75, 3.05) is 52.9 Å². The second kappa shape index (κ2) is 22.6. The number of benzene rings is 4. The Morgan fingerprint density at radius 3 is 0.806 bits per heavy atom. The molecule has 7 aromatic rings. The number of nitrogens with zero attached hydrogens (tertiary/aromatic N) is 2. The lowest BCUT2D eigenvalue weighted by Crippen LogP contribution is -2.21. The van der Waals surface area contributed by atoms with Crippen molar-refractivity contribution < 1.29 is 59.8 Å². The summed E-state index contributed by atoms with van der Waals surface area (Å²) < 4.78 is 23.7. The summed E-state index contributed by atoms with van der Waals surface area (Å²) >= 11 is 0. The molecule has 4 aromatic carbocycles. The number of aliphatic hydroxyl groups is 8. The number of ether oxygens (including phenoxy) is 4. The average Bonchev–Trinajstić information content (AvgIpc) is 4.27. The van der Waals surface area contributed by atoms with E-state index in [-0.39, 0.29) is 26.4 Å². The summed E-state index contributed by atoms with van der Waals surface area (Å²) in [7, 11) is 0. The molecule has 0 aliphatic carbocycles. The molecule has 2 aliphatic rings. The van der Waals surface area contributed by atoms with Crippen molar-refractivity contribution in [3.05, 3.63) is 144 Å². The first kappa shape index (κ1) is 49.3. The van der Waals surface area contributed by atoms with Crippen LogP contribution in [0.4, 0.5) is 0 Å². The summed E-state index contributed by atoms with van der Waals surface area (Å²) in [6, 6.07) is 37.4. The Bertz CT molecular complexity index is 2850. The van der Waals surface area contributed by atoms with Gasteiger partial charge in [-0.2, -0.15) is 0 Å². The third-order valence-electron chi connectivity index (χ3n) is 11.9. The van der Waals surface area contributed by atoms with E-state index in [1.54, 1.807) is 24.3 Å². The molecule has 0 saturated carbocycles. The van der Waals surface area contributed by atoms with Crippen molar-refractivity contribution in [2.45, 2.75) is 24.4 Å². The number of aromatic amines is 2. The van der Waals surface area contributed by atoms with Gasteiger partial charge in [0.2, 0.25) is 0 Å². The Hall–Kier alpha value is -7.64. The number of hydrogen-bond donors (Lipinski definition) is 10. The van der Waals surface area contributed by atoms with Crippen molar-refractivity contribution in [3.8, 4) is 67.5 Å². The van der Waals surface area contributed by atoms with Crippen LogP contribution in [-0.4, -0.2) is 138 Å². The van der Waals surface area contributed by atoms with E-state index in [2.05, 4.69) is 9.97 Å². The fourth-order valence-corrected chi connectivity index (χ4v) is 8.37. The molecule has 2 aliphatic heterocycles.